The van der Waals surface area contributed by atoms with Gasteiger partial charge >= 0.3 is 0 Å². The fraction of sp³-hybridized carbons (Fsp3) is 0.143. The molecule has 0 amide bonds. The summed E-state index contributed by atoms with van der Waals surface area (Å²) < 4.78 is 18.8. The number of nitrogens with one attached hydrogen (secondary N) is 2. The fourth-order valence-electron chi connectivity index (χ4n) is 1.73. The normalized spacial score (nSPS) is 8.93. The Balaban J connectivity index is -0.00000156. The maximum absolute atomic E-state index is 13.5. The van der Waals surface area contributed by atoms with E-state index in [1.54, 1.807) is 17.4 Å². The predicted molar refractivity (Wildman–Crippen MR) is 132 cm³/mol. The van der Waals surface area contributed by atoms with Crippen molar-refractivity contribution < 1.29 is 9.13 Å². The lowest BCUT2D eigenvalue weighted by Gasteiger charge is -2.10. The van der Waals surface area contributed by atoms with Crippen molar-refractivity contribution in [2.24, 2.45) is 11.6 Å². The molecule has 0 bridgehead atoms. The van der Waals surface area contributed by atoms with Crippen LogP contribution in [-0.4, -0.2) is 10.3 Å². The topological polar surface area (TPSA) is 97.2 Å². The number of thiophene rings is 1. The van der Waals surface area contributed by atoms with Gasteiger partial charge in [0, 0.05) is 26.5 Å². The molecule has 1 heterocycles. The second-order valence-corrected chi connectivity index (χ2v) is 7.70. The van der Waals surface area contributed by atoms with E-state index in [1.165, 1.54) is 23.9 Å². The molecule has 0 aliphatic rings. The monoisotopic (exact) mass is 546 g/mol. The van der Waals surface area contributed by atoms with Gasteiger partial charge in [-0.15, -0.1) is 49.6 Å². The Hall–Kier alpha value is -0.170. The molecule has 28 heavy (non-hydrogen) atoms. The van der Waals surface area contributed by atoms with Crippen molar-refractivity contribution in [2.75, 3.05) is 0 Å². The van der Waals surface area contributed by atoms with Crippen LogP contribution >= 0.6 is 96.7 Å². The number of amidine groups is 1. The number of hydrazine groups is 1. The fourth-order valence-corrected chi connectivity index (χ4v) is 4.45. The second-order valence-electron chi connectivity index (χ2n) is 4.49. The van der Waals surface area contributed by atoms with Crippen LogP contribution in [-0.2, 0) is 17.1 Å². The van der Waals surface area contributed by atoms with Crippen LogP contribution in [0.2, 0.25) is 0 Å². The number of thioether (sulfide) groups is 1. The lowest BCUT2D eigenvalue weighted by atomic mass is 10.2. The summed E-state index contributed by atoms with van der Waals surface area (Å²) in [6.07, 6.45) is 0. The van der Waals surface area contributed by atoms with Crippen LogP contribution in [0.5, 0.6) is 0 Å². The quantitative estimate of drug-likeness (QED) is 0.131. The van der Waals surface area contributed by atoms with Crippen molar-refractivity contribution >= 4 is 107 Å². The minimum atomic E-state index is -0.313. The number of rotatable bonds is 6. The molecule has 160 valence electrons. The average Bonchev–Trinajstić information content (AvgIpc) is 2.99. The average molecular weight is 548 g/mol. The zero-order valence-corrected chi connectivity index (χ0v) is 20.5. The van der Waals surface area contributed by atoms with E-state index in [4.69, 9.17) is 33.9 Å². The summed E-state index contributed by atoms with van der Waals surface area (Å²) in [5.41, 5.74) is 9.40. The third-order valence-electron chi connectivity index (χ3n) is 2.80. The second kappa shape index (κ2) is 16.6. The summed E-state index contributed by atoms with van der Waals surface area (Å²) in [5.74, 6) is 5.30. The van der Waals surface area contributed by atoms with E-state index in [1.807, 2.05) is 10.8 Å². The Morgan fingerprint density at radius 3 is 2.46 bits per heavy atom. The van der Waals surface area contributed by atoms with Gasteiger partial charge in [-0.05, 0) is 41.4 Å². The lowest BCUT2D eigenvalue weighted by Crippen LogP contribution is -2.30. The van der Waals surface area contributed by atoms with Crippen LogP contribution in [0.3, 0.4) is 0 Å². The summed E-state index contributed by atoms with van der Waals surface area (Å²) in [7, 11) is 0. The first-order chi connectivity index (χ1) is 11.5. The molecule has 5 nitrogen and oxygen atoms in total. The first-order valence-electron chi connectivity index (χ1n) is 6.61. The molecule has 0 fully saturated rings. The molecule has 14 heteroatoms. The molecule has 0 spiro atoms. The molecular formula is C14H19Cl4FN4OS4. The number of benzene rings is 1. The molecule has 2 rings (SSSR count). The van der Waals surface area contributed by atoms with Gasteiger partial charge in [-0.25, -0.2) is 10.2 Å². The van der Waals surface area contributed by atoms with Crippen molar-refractivity contribution in [3.05, 3.63) is 45.9 Å². The first-order valence-corrected chi connectivity index (χ1v) is 9.76. The molecule has 0 radical (unpaired) electrons. The van der Waals surface area contributed by atoms with Gasteiger partial charge in [0.05, 0.1) is 0 Å². The Morgan fingerprint density at radius 2 is 1.86 bits per heavy atom. The van der Waals surface area contributed by atoms with E-state index < -0.39 is 0 Å². The van der Waals surface area contributed by atoms with Crippen LogP contribution < -0.4 is 17.0 Å². The van der Waals surface area contributed by atoms with Gasteiger partial charge in [0.2, 0.25) is 0 Å². The number of halogens is 5. The van der Waals surface area contributed by atoms with E-state index in [0.717, 1.165) is 32.7 Å². The molecule has 1 aromatic carbocycles. The zero-order chi connectivity index (χ0) is 17.5. The summed E-state index contributed by atoms with van der Waals surface area (Å²) >= 11 is 9.07. The first kappa shape index (κ1) is 32.5. The smallest absolute Gasteiger partial charge is 0.271 e. The van der Waals surface area contributed by atoms with E-state index in [0.29, 0.717) is 12.4 Å². The number of hydrogen-bond acceptors (Lipinski definition) is 7. The van der Waals surface area contributed by atoms with E-state index in [2.05, 4.69) is 5.43 Å². The third kappa shape index (κ3) is 10.6. The Morgan fingerprint density at radius 1 is 1.18 bits per heavy atom. The van der Waals surface area contributed by atoms with Crippen molar-refractivity contribution in [1.29, 1.82) is 5.41 Å². The molecule has 0 saturated heterocycles. The highest BCUT2D eigenvalue weighted by Crippen LogP contribution is 2.36. The highest BCUT2D eigenvalue weighted by atomic mass is 35.5. The summed E-state index contributed by atoms with van der Waals surface area (Å²) in [5, 5.41) is 11.4. The lowest BCUT2D eigenvalue weighted by molar-refractivity contribution is 0.285. The number of hydrogen-bond donors (Lipinski definition) is 4. The molecule has 6 N–H and O–H groups in total. The number of ether oxygens (including phenoxy) is 1. The van der Waals surface area contributed by atoms with Crippen molar-refractivity contribution in [2.45, 2.75) is 22.2 Å². The van der Waals surface area contributed by atoms with Gasteiger partial charge in [0.1, 0.15) is 12.4 Å². The van der Waals surface area contributed by atoms with Gasteiger partial charge in [0.15, 0.2) is 5.17 Å². The van der Waals surface area contributed by atoms with Crippen LogP contribution in [0, 0.1) is 11.2 Å². The molecular weight excluding hydrogens is 529 g/mol. The molecule has 0 unspecified atom stereocenters. The van der Waals surface area contributed by atoms with Gasteiger partial charge in [-0.2, -0.15) is 11.3 Å². The van der Waals surface area contributed by atoms with Gasteiger partial charge in [-0.3, -0.25) is 10.8 Å². The van der Waals surface area contributed by atoms with Crippen molar-refractivity contribution in [3.63, 3.8) is 0 Å². The number of nitrogens with two attached hydrogens (primary N) is 2. The maximum atomic E-state index is 13.5. The summed E-state index contributed by atoms with van der Waals surface area (Å²) in [6.45, 7) is 0.299. The summed E-state index contributed by atoms with van der Waals surface area (Å²) in [6, 6.07) is 4.61. The Kier molecular flexibility index (Phi) is 19.3. The van der Waals surface area contributed by atoms with Crippen LogP contribution in [0.25, 0.3) is 0 Å². The highest BCUT2D eigenvalue weighted by Gasteiger charge is 2.12. The van der Waals surface area contributed by atoms with Gasteiger partial charge in [0.25, 0.3) is 5.17 Å². The SMILES string of the molecule is Cl.Cl.Cl.Cl.N=C(N)SCc1cc(F)ccc1Sc1cscc1COC(=S)NN. The highest BCUT2D eigenvalue weighted by molar-refractivity contribution is 8.13. The minimum absolute atomic E-state index is 0. The zero-order valence-electron chi connectivity index (χ0n) is 14.0. The summed E-state index contributed by atoms with van der Waals surface area (Å²) in [4.78, 5) is 1.91. The van der Waals surface area contributed by atoms with E-state index in [-0.39, 0.29) is 65.8 Å². The van der Waals surface area contributed by atoms with Gasteiger partial charge < -0.3 is 10.5 Å². The largest absolute Gasteiger partial charge is 0.465 e. The van der Waals surface area contributed by atoms with Crippen LogP contribution in [0.1, 0.15) is 11.1 Å². The van der Waals surface area contributed by atoms with Gasteiger partial charge in [-0.1, -0.05) is 23.5 Å². The number of thiocarbonyl (C=S) groups is 1. The standard InChI is InChI=1S/C14H15FN4OS4.4ClH/c15-10-1-2-11(8(3-10)6-23-13(16)17)24-12-7-22-5-9(12)4-20-14(21)19-18;;;;/h1-3,5,7H,4,6,18H2,(H3,16,17)(H,19,21);4*1H. The van der Waals surface area contributed by atoms with Crippen LogP contribution in [0.15, 0.2) is 38.8 Å². The Labute approximate surface area is 205 Å². The Bertz CT molecular complexity index is 754. The molecule has 2 aromatic rings. The van der Waals surface area contributed by atoms with E-state index >= 15 is 0 Å². The predicted octanol–water partition coefficient (Wildman–Crippen LogP) is 5.12. The molecule has 0 atom stereocenters. The minimum Gasteiger partial charge on any atom is -0.465 e. The van der Waals surface area contributed by atoms with Crippen LogP contribution in [0.4, 0.5) is 4.39 Å². The molecule has 1 aromatic heterocycles. The molecule has 0 saturated carbocycles. The van der Waals surface area contributed by atoms with E-state index in [9.17, 15) is 4.39 Å². The molecule has 0 aliphatic heterocycles. The van der Waals surface area contributed by atoms with Crippen molar-refractivity contribution in [1.82, 2.24) is 5.43 Å². The molecule has 0 aliphatic carbocycles. The van der Waals surface area contributed by atoms with Crippen molar-refractivity contribution in [3.8, 4) is 0 Å². The third-order valence-corrected chi connectivity index (χ3v) is 5.97. The maximum Gasteiger partial charge on any atom is 0.271 e.